The summed E-state index contributed by atoms with van der Waals surface area (Å²) in [5, 5.41) is 0. The van der Waals surface area contributed by atoms with Crippen LogP contribution in [-0.4, -0.2) is 9.55 Å². The van der Waals surface area contributed by atoms with Gasteiger partial charge in [-0.25, -0.2) is 4.98 Å². The highest BCUT2D eigenvalue weighted by Crippen LogP contribution is 2.35. The number of halogens is 1. The number of nitrogens with two attached hydrogens (primary N) is 1. The van der Waals surface area contributed by atoms with Gasteiger partial charge in [-0.1, -0.05) is 6.07 Å². The first-order chi connectivity index (χ1) is 9.63. The van der Waals surface area contributed by atoms with Gasteiger partial charge in [0, 0.05) is 13.1 Å². The zero-order valence-electron chi connectivity index (χ0n) is 11.5. The third kappa shape index (κ3) is 2.20. The van der Waals surface area contributed by atoms with Crippen molar-refractivity contribution >= 4 is 38.3 Å². The van der Waals surface area contributed by atoms with Gasteiger partial charge >= 0.3 is 0 Å². The molecule has 0 atom stereocenters. The van der Waals surface area contributed by atoms with Gasteiger partial charge in [0.1, 0.15) is 0 Å². The molecule has 3 aromatic rings. The molecule has 0 aliphatic heterocycles. The lowest BCUT2D eigenvalue weighted by molar-refractivity contribution is 0.798. The molecule has 0 spiro atoms. The predicted molar refractivity (Wildman–Crippen MR) is 89.0 cm³/mol. The van der Waals surface area contributed by atoms with Gasteiger partial charge in [-0.2, -0.15) is 0 Å². The molecular weight excluding hydrogens is 334 g/mol. The van der Waals surface area contributed by atoms with Crippen LogP contribution in [0.2, 0.25) is 0 Å². The molecule has 2 heterocycles. The molecule has 0 aliphatic carbocycles. The second-order valence-corrected chi connectivity index (χ2v) is 7.14. The number of benzene rings is 1. The summed E-state index contributed by atoms with van der Waals surface area (Å²) in [6.07, 6.45) is 0. The maximum absolute atomic E-state index is 5.71. The Kier molecular flexibility index (Phi) is 3.67. The number of imidazole rings is 1. The smallest absolute Gasteiger partial charge is 0.151 e. The van der Waals surface area contributed by atoms with E-state index in [0.29, 0.717) is 6.54 Å². The van der Waals surface area contributed by atoms with Crippen LogP contribution < -0.4 is 5.73 Å². The van der Waals surface area contributed by atoms with Crippen LogP contribution in [0.15, 0.2) is 28.1 Å². The molecule has 0 aliphatic rings. The molecule has 0 radical (unpaired) electrons. The summed E-state index contributed by atoms with van der Waals surface area (Å²) >= 11 is 5.32. The zero-order chi connectivity index (χ0) is 14.3. The molecule has 0 unspecified atom stereocenters. The summed E-state index contributed by atoms with van der Waals surface area (Å²) in [5.41, 5.74) is 10.3. The number of rotatable bonds is 3. The van der Waals surface area contributed by atoms with E-state index in [4.69, 9.17) is 10.7 Å². The van der Waals surface area contributed by atoms with Gasteiger partial charge in [0.2, 0.25) is 0 Å². The second-order valence-electron chi connectivity index (χ2n) is 4.77. The normalized spacial score (nSPS) is 11.4. The number of thiophene rings is 1. The topological polar surface area (TPSA) is 43.8 Å². The standard InChI is InChI=1S/C15H16BrN3S/c1-3-19-12-5-4-10(8-17)7-11(12)18-15(19)13-6-9(2)14(16)20-13/h4-7H,3,8,17H2,1-2H3. The summed E-state index contributed by atoms with van der Waals surface area (Å²) in [6, 6.07) is 8.47. The van der Waals surface area contributed by atoms with Crippen molar-refractivity contribution in [2.24, 2.45) is 5.73 Å². The number of nitrogens with zero attached hydrogens (tertiary/aromatic N) is 2. The summed E-state index contributed by atoms with van der Waals surface area (Å²) in [4.78, 5) is 6.01. The maximum atomic E-state index is 5.71. The average molecular weight is 350 g/mol. The van der Waals surface area contributed by atoms with Gasteiger partial charge in [0.15, 0.2) is 5.82 Å². The molecule has 0 saturated heterocycles. The van der Waals surface area contributed by atoms with Crippen LogP contribution in [0.1, 0.15) is 18.1 Å². The largest absolute Gasteiger partial charge is 0.326 e. The quantitative estimate of drug-likeness (QED) is 0.765. The Bertz CT molecular complexity index is 753. The summed E-state index contributed by atoms with van der Waals surface area (Å²) in [5.74, 6) is 1.04. The Morgan fingerprint density at radius 3 is 2.75 bits per heavy atom. The number of hydrogen-bond acceptors (Lipinski definition) is 3. The number of aryl methyl sites for hydroxylation is 2. The van der Waals surface area contributed by atoms with Crippen LogP contribution in [0, 0.1) is 6.92 Å². The Balaban J connectivity index is 2.24. The van der Waals surface area contributed by atoms with Crippen molar-refractivity contribution in [1.29, 1.82) is 0 Å². The predicted octanol–water partition coefficient (Wildman–Crippen LogP) is 4.31. The van der Waals surface area contributed by atoms with E-state index in [1.165, 1.54) is 19.7 Å². The summed E-state index contributed by atoms with van der Waals surface area (Å²) in [7, 11) is 0. The molecule has 0 fully saturated rings. The molecule has 0 bridgehead atoms. The van der Waals surface area contributed by atoms with Gasteiger partial charge in [0.25, 0.3) is 0 Å². The van der Waals surface area contributed by atoms with E-state index in [0.717, 1.165) is 23.4 Å². The fraction of sp³-hybridized carbons (Fsp3) is 0.267. The molecule has 2 N–H and O–H groups in total. The Hall–Kier alpha value is -1.17. The minimum absolute atomic E-state index is 0.550. The van der Waals surface area contributed by atoms with Gasteiger partial charge in [-0.3, -0.25) is 0 Å². The average Bonchev–Trinajstić information content (AvgIpc) is 2.98. The highest BCUT2D eigenvalue weighted by molar-refractivity contribution is 9.11. The summed E-state index contributed by atoms with van der Waals surface area (Å²) in [6.45, 7) is 5.71. The third-order valence-corrected chi connectivity index (χ3v) is 5.57. The molecule has 0 saturated carbocycles. The molecule has 104 valence electrons. The number of fused-ring (bicyclic) bond motifs is 1. The van der Waals surface area contributed by atoms with Gasteiger partial charge in [-0.05, 0) is 59.1 Å². The molecular formula is C15H16BrN3S. The van der Waals surface area contributed by atoms with Crippen molar-refractivity contribution in [1.82, 2.24) is 9.55 Å². The molecule has 2 aromatic heterocycles. The van der Waals surface area contributed by atoms with E-state index in [1.54, 1.807) is 11.3 Å². The first-order valence-electron chi connectivity index (χ1n) is 6.59. The van der Waals surface area contributed by atoms with Gasteiger partial charge in [-0.15, -0.1) is 11.3 Å². The Morgan fingerprint density at radius 2 is 2.15 bits per heavy atom. The molecule has 3 nitrogen and oxygen atoms in total. The lowest BCUT2D eigenvalue weighted by Crippen LogP contribution is -1.97. The molecule has 3 rings (SSSR count). The van der Waals surface area contributed by atoms with Crippen molar-refractivity contribution in [3.8, 4) is 10.7 Å². The van der Waals surface area contributed by atoms with Crippen LogP contribution in [0.5, 0.6) is 0 Å². The lowest BCUT2D eigenvalue weighted by atomic mass is 10.2. The highest BCUT2D eigenvalue weighted by Gasteiger charge is 2.14. The first kappa shape index (κ1) is 13.8. The monoisotopic (exact) mass is 349 g/mol. The van der Waals surface area contributed by atoms with E-state index in [2.05, 4.69) is 58.6 Å². The van der Waals surface area contributed by atoms with Crippen molar-refractivity contribution in [3.63, 3.8) is 0 Å². The lowest BCUT2D eigenvalue weighted by Gasteiger charge is -2.04. The van der Waals surface area contributed by atoms with Crippen molar-refractivity contribution in [3.05, 3.63) is 39.2 Å². The van der Waals surface area contributed by atoms with Crippen molar-refractivity contribution in [2.75, 3.05) is 0 Å². The molecule has 0 amide bonds. The van der Waals surface area contributed by atoms with Crippen molar-refractivity contribution < 1.29 is 0 Å². The fourth-order valence-electron chi connectivity index (χ4n) is 2.38. The van der Waals surface area contributed by atoms with E-state index >= 15 is 0 Å². The SMILES string of the molecule is CCn1c(-c2cc(C)c(Br)s2)nc2cc(CN)ccc21. The van der Waals surface area contributed by atoms with Gasteiger partial charge in [0.05, 0.1) is 19.7 Å². The van der Waals surface area contributed by atoms with E-state index in [1.807, 2.05) is 0 Å². The van der Waals surface area contributed by atoms with Crippen molar-refractivity contribution in [2.45, 2.75) is 26.9 Å². The Labute approximate surface area is 130 Å². The molecule has 1 aromatic carbocycles. The first-order valence-corrected chi connectivity index (χ1v) is 8.20. The molecule has 20 heavy (non-hydrogen) atoms. The third-order valence-electron chi connectivity index (χ3n) is 3.44. The van der Waals surface area contributed by atoms with Crippen LogP contribution in [0.3, 0.4) is 0 Å². The minimum atomic E-state index is 0.550. The van der Waals surface area contributed by atoms with Crippen LogP contribution >= 0.6 is 27.3 Å². The highest BCUT2D eigenvalue weighted by atomic mass is 79.9. The van der Waals surface area contributed by atoms with Crippen LogP contribution in [-0.2, 0) is 13.1 Å². The fourth-order valence-corrected chi connectivity index (χ4v) is 3.91. The minimum Gasteiger partial charge on any atom is -0.326 e. The maximum Gasteiger partial charge on any atom is 0.151 e. The van der Waals surface area contributed by atoms with Crippen LogP contribution in [0.4, 0.5) is 0 Å². The van der Waals surface area contributed by atoms with E-state index in [9.17, 15) is 0 Å². The molecule has 5 heteroatoms. The number of hydrogen-bond donors (Lipinski definition) is 1. The van der Waals surface area contributed by atoms with Crippen LogP contribution in [0.25, 0.3) is 21.7 Å². The second kappa shape index (κ2) is 5.31. The van der Waals surface area contributed by atoms with Gasteiger partial charge < -0.3 is 10.3 Å². The Morgan fingerprint density at radius 1 is 1.35 bits per heavy atom. The summed E-state index contributed by atoms with van der Waals surface area (Å²) < 4.78 is 3.43. The van der Waals surface area contributed by atoms with E-state index in [-0.39, 0.29) is 0 Å². The number of aromatic nitrogens is 2. The zero-order valence-corrected chi connectivity index (χ0v) is 13.9. The van der Waals surface area contributed by atoms with E-state index < -0.39 is 0 Å².